The third kappa shape index (κ3) is 5.33. The molecule has 0 atom stereocenters. The number of hydrogen-bond acceptors (Lipinski definition) is 5. The van der Waals surface area contributed by atoms with Crippen LogP contribution in [0.1, 0.15) is 31.9 Å². The average Bonchev–Trinajstić information content (AvgIpc) is 2.71. The molecule has 164 valence electrons. The molecular weight excluding hydrogens is 424 g/mol. The van der Waals surface area contributed by atoms with Gasteiger partial charge in [0.15, 0.2) is 0 Å². The molecule has 2 aromatic rings. The molecule has 1 aliphatic rings. The number of nitrogens with one attached hydrogen (secondary N) is 1. The molecule has 1 aliphatic heterocycles. The van der Waals surface area contributed by atoms with Crippen molar-refractivity contribution < 1.29 is 21.6 Å². The predicted molar refractivity (Wildman–Crippen MR) is 118 cm³/mol. The number of benzene rings is 2. The van der Waals surface area contributed by atoms with Gasteiger partial charge in [-0.3, -0.25) is 4.72 Å². The normalized spacial score (nSPS) is 15.1. The maximum absolute atomic E-state index is 12.8. The number of rotatable bonds is 8. The lowest BCUT2D eigenvalue weighted by atomic mass is 10.0. The summed E-state index contributed by atoms with van der Waals surface area (Å²) < 4.78 is 59.5. The van der Waals surface area contributed by atoms with Crippen LogP contribution in [0.4, 0.5) is 5.69 Å². The lowest BCUT2D eigenvalue weighted by molar-refractivity contribution is 0.271. The first-order valence-electron chi connectivity index (χ1n) is 9.96. The Hall–Kier alpha value is -2.10. The van der Waals surface area contributed by atoms with E-state index >= 15 is 0 Å². The molecule has 0 unspecified atom stereocenters. The molecule has 0 amide bonds. The highest BCUT2D eigenvalue weighted by atomic mass is 32.2. The number of hydrogen-bond donors (Lipinski definition) is 1. The van der Waals surface area contributed by atoms with Crippen LogP contribution in [-0.4, -0.2) is 40.0 Å². The molecule has 2 aromatic carbocycles. The molecule has 0 aliphatic carbocycles. The lowest BCUT2D eigenvalue weighted by Crippen LogP contribution is -2.36. The van der Waals surface area contributed by atoms with Gasteiger partial charge in [-0.15, -0.1) is 0 Å². The second-order valence-corrected chi connectivity index (χ2v) is 11.7. The quantitative estimate of drug-likeness (QED) is 0.664. The van der Waals surface area contributed by atoms with E-state index in [0.29, 0.717) is 36.9 Å². The molecule has 0 aromatic heterocycles. The molecule has 0 bridgehead atoms. The molecule has 0 radical (unpaired) electrons. The van der Waals surface area contributed by atoms with Gasteiger partial charge in [0.2, 0.25) is 10.0 Å². The average molecular weight is 453 g/mol. The fourth-order valence-electron chi connectivity index (χ4n) is 3.21. The van der Waals surface area contributed by atoms with Crippen molar-refractivity contribution in [3.8, 4) is 5.75 Å². The van der Waals surface area contributed by atoms with Crippen LogP contribution in [0.2, 0.25) is 0 Å². The zero-order chi connectivity index (χ0) is 21.9. The van der Waals surface area contributed by atoms with E-state index in [0.717, 1.165) is 11.1 Å². The van der Waals surface area contributed by atoms with Gasteiger partial charge in [-0.1, -0.05) is 19.9 Å². The molecule has 3 rings (SSSR count). The van der Waals surface area contributed by atoms with Crippen molar-refractivity contribution in [2.45, 2.75) is 38.6 Å². The van der Waals surface area contributed by atoms with Gasteiger partial charge < -0.3 is 4.74 Å². The van der Waals surface area contributed by atoms with Crippen molar-refractivity contribution in [3.63, 3.8) is 0 Å². The molecule has 0 fully saturated rings. The van der Waals surface area contributed by atoms with Crippen molar-refractivity contribution in [2.75, 3.05) is 23.6 Å². The number of ether oxygens (including phenoxy) is 1. The topological polar surface area (TPSA) is 92.8 Å². The molecule has 0 spiro atoms. The van der Waals surface area contributed by atoms with E-state index < -0.39 is 20.0 Å². The largest absolute Gasteiger partial charge is 0.493 e. The Morgan fingerprint density at radius 2 is 1.73 bits per heavy atom. The van der Waals surface area contributed by atoms with E-state index in [1.807, 2.05) is 19.9 Å². The Bertz CT molecular complexity index is 1090. The Morgan fingerprint density at radius 1 is 1.03 bits per heavy atom. The Balaban J connectivity index is 1.75. The van der Waals surface area contributed by atoms with Gasteiger partial charge in [-0.25, -0.2) is 16.8 Å². The van der Waals surface area contributed by atoms with Gasteiger partial charge in [0.1, 0.15) is 5.75 Å². The minimum absolute atomic E-state index is 0.0472. The minimum atomic E-state index is -3.77. The van der Waals surface area contributed by atoms with E-state index in [2.05, 4.69) is 4.72 Å². The van der Waals surface area contributed by atoms with Crippen LogP contribution in [0.5, 0.6) is 5.75 Å². The van der Waals surface area contributed by atoms with E-state index in [1.54, 1.807) is 31.2 Å². The summed E-state index contributed by atoms with van der Waals surface area (Å²) in [6, 6.07) is 11.6. The standard InChI is InChI=1S/C21H28N2O5S2/c1-4-29(24,25)23-12-11-17-5-6-19(13-18(17)14-23)22-30(26,27)21-9-7-20(8-10-21)28-15-16(2)3/h5-10,13,16,22H,4,11-12,14-15H2,1-3H3. The summed E-state index contributed by atoms with van der Waals surface area (Å²) in [7, 11) is -7.06. The highest BCUT2D eigenvalue weighted by molar-refractivity contribution is 7.92. The van der Waals surface area contributed by atoms with Crippen molar-refractivity contribution in [3.05, 3.63) is 53.6 Å². The van der Waals surface area contributed by atoms with E-state index in [1.165, 1.54) is 16.4 Å². The second-order valence-electron chi connectivity index (χ2n) is 7.75. The molecule has 30 heavy (non-hydrogen) atoms. The second kappa shape index (κ2) is 8.95. The number of sulfonamides is 2. The SMILES string of the molecule is CCS(=O)(=O)N1CCc2ccc(NS(=O)(=O)c3ccc(OCC(C)C)cc3)cc2C1. The van der Waals surface area contributed by atoms with E-state index in [4.69, 9.17) is 4.74 Å². The van der Waals surface area contributed by atoms with Gasteiger partial charge in [-0.05, 0) is 66.8 Å². The molecule has 0 saturated carbocycles. The third-order valence-electron chi connectivity index (χ3n) is 4.91. The maximum atomic E-state index is 12.8. The fourth-order valence-corrected chi connectivity index (χ4v) is 5.33. The Morgan fingerprint density at radius 3 is 2.37 bits per heavy atom. The van der Waals surface area contributed by atoms with E-state index in [-0.39, 0.29) is 17.2 Å². The molecule has 7 nitrogen and oxygen atoms in total. The third-order valence-corrected chi connectivity index (χ3v) is 8.14. The highest BCUT2D eigenvalue weighted by Crippen LogP contribution is 2.26. The summed E-state index contributed by atoms with van der Waals surface area (Å²) >= 11 is 0. The van der Waals surface area contributed by atoms with Gasteiger partial charge in [0.25, 0.3) is 10.0 Å². The van der Waals surface area contributed by atoms with Crippen LogP contribution in [0.25, 0.3) is 0 Å². The zero-order valence-electron chi connectivity index (χ0n) is 17.5. The van der Waals surface area contributed by atoms with Crippen LogP contribution >= 0.6 is 0 Å². The maximum Gasteiger partial charge on any atom is 0.261 e. The van der Waals surface area contributed by atoms with Gasteiger partial charge >= 0.3 is 0 Å². The van der Waals surface area contributed by atoms with Crippen molar-refractivity contribution in [1.29, 1.82) is 0 Å². The summed E-state index contributed by atoms with van der Waals surface area (Å²) in [4.78, 5) is 0.132. The molecular formula is C21H28N2O5S2. The Labute approximate surface area is 179 Å². The molecule has 1 N–H and O–H groups in total. The molecule has 1 heterocycles. The van der Waals surface area contributed by atoms with Gasteiger partial charge in [0, 0.05) is 18.8 Å². The zero-order valence-corrected chi connectivity index (χ0v) is 19.1. The summed E-state index contributed by atoms with van der Waals surface area (Å²) in [5.41, 5.74) is 2.26. The van der Waals surface area contributed by atoms with Crippen LogP contribution in [-0.2, 0) is 33.0 Å². The molecule has 0 saturated heterocycles. The number of nitrogens with zero attached hydrogens (tertiary/aromatic N) is 1. The van der Waals surface area contributed by atoms with Gasteiger partial charge in [0.05, 0.1) is 17.3 Å². The lowest BCUT2D eigenvalue weighted by Gasteiger charge is -2.28. The number of fused-ring (bicyclic) bond motifs is 1. The summed E-state index contributed by atoms with van der Waals surface area (Å²) in [6.45, 7) is 6.96. The summed E-state index contributed by atoms with van der Waals surface area (Å²) in [5, 5.41) is 0. The van der Waals surface area contributed by atoms with Crippen molar-refractivity contribution in [2.24, 2.45) is 5.92 Å². The first-order chi connectivity index (χ1) is 14.1. The van der Waals surface area contributed by atoms with Crippen molar-refractivity contribution in [1.82, 2.24) is 4.31 Å². The van der Waals surface area contributed by atoms with E-state index in [9.17, 15) is 16.8 Å². The monoisotopic (exact) mass is 452 g/mol. The predicted octanol–water partition coefficient (Wildman–Crippen LogP) is 3.23. The van der Waals surface area contributed by atoms with Crippen LogP contribution in [0.15, 0.2) is 47.4 Å². The summed E-state index contributed by atoms with van der Waals surface area (Å²) in [5.74, 6) is 1.04. The first kappa shape index (κ1) is 22.6. The number of anilines is 1. The smallest absolute Gasteiger partial charge is 0.261 e. The van der Waals surface area contributed by atoms with Crippen LogP contribution < -0.4 is 9.46 Å². The molecule has 9 heteroatoms. The summed E-state index contributed by atoms with van der Waals surface area (Å²) in [6.07, 6.45) is 0.611. The van der Waals surface area contributed by atoms with Crippen molar-refractivity contribution >= 4 is 25.7 Å². The fraction of sp³-hybridized carbons (Fsp3) is 0.429. The first-order valence-corrected chi connectivity index (χ1v) is 13.1. The highest BCUT2D eigenvalue weighted by Gasteiger charge is 2.25. The van der Waals surface area contributed by atoms with Crippen LogP contribution in [0.3, 0.4) is 0 Å². The minimum Gasteiger partial charge on any atom is -0.493 e. The Kier molecular flexibility index (Phi) is 6.74. The van der Waals surface area contributed by atoms with Crippen LogP contribution in [0, 0.1) is 5.92 Å². The van der Waals surface area contributed by atoms with Gasteiger partial charge in [-0.2, -0.15) is 4.31 Å².